The summed E-state index contributed by atoms with van der Waals surface area (Å²) in [6.45, 7) is 6.60. The third-order valence-electron chi connectivity index (χ3n) is 5.84. The van der Waals surface area contributed by atoms with Crippen LogP contribution in [0.5, 0.6) is 0 Å². The number of aliphatic hydroxyl groups is 1. The Kier molecular flexibility index (Phi) is 7.80. The highest BCUT2D eigenvalue weighted by atomic mass is 79.9. The summed E-state index contributed by atoms with van der Waals surface area (Å²) in [4.78, 5) is 12.9. The van der Waals surface area contributed by atoms with Crippen LogP contribution >= 0.6 is 0 Å². The van der Waals surface area contributed by atoms with Crippen molar-refractivity contribution in [2.75, 3.05) is 6.61 Å². The number of alkyl halides is 2. The number of carbonyl (C=O) groups excluding carboxylic acids is 1. The molecule has 1 heterocycles. The van der Waals surface area contributed by atoms with Crippen molar-refractivity contribution in [3.63, 3.8) is 0 Å². The summed E-state index contributed by atoms with van der Waals surface area (Å²) < 4.78 is 37.1. The van der Waals surface area contributed by atoms with E-state index in [1.54, 1.807) is 30.3 Å². The van der Waals surface area contributed by atoms with E-state index in [-0.39, 0.29) is 36.4 Å². The molecule has 1 aromatic carbocycles. The first-order valence-corrected chi connectivity index (χ1v) is 10.0. The van der Waals surface area contributed by atoms with Crippen LogP contribution in [0.15, 0.2) is 42.7 Å². The highest BCUT2D eigenvalue weighted by Crippen LogP contribution is 2.47. The van der Waals surface area contributed by atoms with Crippen molar-refractivity contribution in [2.24, 2.45) is 5.92 Å². The number of ether oxygens (including phenoxy) is 1. The Morgan fingerprint density at radius 2 is 2.03 bits per heavy atom. The van der Waals surface area contributed by atoms with Crippen molar-refractivity contribution in [2.45, 2.75) is 64.1 Å². The molecule has 0 amide bonds. The first-order valence-electron chi connectivity index (χ1n) is 10.0. The van der Waals surface area contributed by atoms with E-state index in [4.69, 9.17) is 4.74 Å². The summed E-state index contributed by atoms with van der Waals surface area (Å²) in [5.41, 5.74) is -1.78. The summed E-state index contributed by atoms with van der Waals surface area (Å²) in [7, 11) is 0. The van der Waals surface area contributed by atoms with Gasteiger partial charge >= 0.3 is 5.97 Å². The third-order valence-corrected chi connectivity index (χ3v) is 5.84. The molecule has 0 spiro atoms. The second kappa shape index (κ2) is 9.56. The van der Waals surface area contributed by atoms with E-state index >= 15 is 0 Å². The van der Waals surface area contributed by atoms with Crippen LogP contribution in [0.25, 0.3) is 0 Å². The van der Waals surface area contributed by atoms with Crippen molar-refractivity contribution in [1.29, 1.82) is 0 Å². The van der Waals surface area contributed by atoms with Crippen LogP contribution in [0.3, 0.4) is 0 Å². The molecule has 1 aromatic heterocycles. The minimum atomic E-state index is -2.87. The van der Waals surface area contributed by atoms with Crippen LogP contribution in [-0.2, 0) is 21.7 Å². The molecule has 2 aromatic rings. The van der Waals surface area contributed by atoms with Crippen LogP contribution in [0.4, 0.5) is 8.78 Å². The largest absolute Gasteiger partial charge is 1.00 e. The van der Waals surface area contributed by atoms with E-state index in [0.29, 0.717) is 18.2 Å². The summed E-state index contributed by atoms with van der Waals surface area (Å²) in [6.07, 6.45) is 3.07. The lowest BCUT2D eigenvalue weighted by Crippen LogP contribution is -3.00. The molecule has 3 rings (SSSR count). The molecule has 0 bridgehead atoms. The molecular weight excluding hydrogens is 458 g/mol. The summed E-state index contributed by atoms with van der Waals surface area (Å²) in [5, 5.41) is 11.3. The predicted octanol–water partition coefficient (Wildman–Crippen LogP) is 0.535. The minimum absolute atomic E-state index is 0. The fourth-order valence-electron chi connectivity index (χ4n) is 4.16. The van der Waals surface area contributed by atoms with E-state index in [1.807, 2.05) is 23.9 Å². The van der Waals surface area contributed by atoms with Gasteiger partial charge in [0.1, 0.15) is 25.5 Å². The van der Waals surface area contributed by atoms with E-state index < -0.39 is 29.8 Å². The normalized spacial score (nSPS) is 19.9. The number of hydrogen-bond acceptors (Lipinski definition) is 3. The van der Waals surface area contributed by atoms with Gasteiger partial charge in [0.2, 0.25) is 5.92 Å². The Morgan fingerprint density at radius 1 is 1.37 bits per heavy atom. The molecule has 166 valence electrons. The standard InChI is InChI=1S/C22H29F2N2O3.BrH/c1-16(2)26-12-11-25(17(26)3)13-14-29-20(27)22(28,18-7-5-4-6-8-18)19-9-10-21(23,24)15-19;/h4-8,11-12,16,19,28H,9-10,13-15H2,1-3H3;1H/q+1;/p-1. The number of aromatic nitrogens is 2. The molecule has 0 radical (unpaired) electrons. The van der Waals surface area contributed by atoms with Crippen LogP contribution in [0, 0.1) is 12.8 Å². The van der Waals surface area contributed by atoms with Gasteiger partial charge in [-0.05, 0) is 25.8 Å². The van der Waals surface area contributed by atoms with E-state index in [9.17, 15) is 18.7 Å². The minimum Gasteiger partial charge on any atom is -1.00 e. The smallest absolute Gasteiger partial charge is 0.343 e. The number of esters is 1. The Hall–Kier alpha value is -1.80. The van der Waals surface area contributed by atoms with Crippen LogP contribution in [-0.4, -0.2) is 28.2 Å². The van der Waals surface area contributed by atoms with Crippen molar-refractivity contribution in [3.8, 4) is 0 Å². The Labute approximate surface area is 186 Å². The van der Waals surface area contributed by atoms with Gasteiger partial charge in [-0.2, -0.15) is 0 Å². The average Bonchev–Trinajstić information content (AvgIpc) is 3.24. The number of nitrogens with zero attached hydrogens (tertiary/aromatic N) is 2. The first-order chi connectivity index (χ1) is 13.6. The summed E-state index contributed by atoms with van der Waals surface area (Å²) in [5.74, 6) is -3.61. The molecule has 5 nitrogen and oxygen atoms in total. The average molecular weight is 487 g/mol. The zero-order valence-electron chi connectivity index (χ0n) is 17.5. The molecule has 1 aliphatic carbocycles. The molecule has 0 aliphatic heterocycles. The number of halogens is 3. The highest BCUT2D eigenvalue weighted by Gasteiger charge is 2.54. The lowest BCUT2D eigenvalue weighted by Gasteiger charge is -2.32. The van der Waals surface area contributed by atoms with Gasteiger partial charge in [0, 0.05) is 25.7 Å². The van der Waals surface area contributed by atoms with E-state index in [1.165, 1.54) is 0 Å². The van der Waals surface area contributed by atoms with Crippen molar-refractivity contribution >= 4 is 5.97 Å². The Balaban J connectivity index is 0.00000320. The quantitative estimate of drug-likeness (QED) is 0.458. The number of imidazole rings is 1. The Morgan fingerprint density at radius 3 is 2.57 bits per heavy atom. The summed E-state index contributed by atoms with van der Waals surface area (Å²) >= 11 is 0. The van der Waals surface area contributed by atoms with E-state index in [2.05, 4.69) is 18.4 Å². The molecular formula is C22H29BrF2N2O3. The van der Waals surface area contributed by atoms with Gasteiger partial charge in [0.25, 0.3) is 5.82 Å². The molecule has 2 atom stereocenters. The maximum atomic E-state index is 13.8. The van der Waals surface area contributed by atoms with E-state index in [0.717, 1.165) is 5.82 Å². The fourth-order valence-corrected chi connectivity index (χ4v) is 4.16. The van der Waals surface area contributed by atoms with Crippen LogP contribution < -0.4 is 21.5 Å². The number of benzene rings is 1. The highest BCUT2D eigenvalue weighted by molar-refractivity contribution is 5.81. The first kappa shape index (κ1) is 24.5. The molecule has 1 fully saturated rings. The molecule has 8 heteroatoms. The van der Waals surface area contributed by atoms with Crippen LogP contribution in [0.2, 0.25) is 0 Å². The van der Waals surface area contributed by atoms with Gasteiger partial charge in [0.05, 0.1) is 6.04 Å². The monoisotopic (exact) mass is 486 g/mol. The molecule has 1 aliphatic rings. The maximum Gasteiger partial charge on any atom is 0.343 e. The van der Waals surface area contributed by atoms with Crippen molar-refractivity contribution in [1.82, 2.24) is 4.57 Å². The SMILES string of the molecule is Cc1n(C(C)C)cc[n+]1CCOC(=O)C(O)(c1ccccc1)C1CCC(F)(F)C1.[Br-]. The van der Waals surface area contributed by atoms with Gasteiger partial charge in [-0.15, -0.1) is 0 Å². The molecule has 30 heavy (non-hydrogen) atoms. The Bertz CT molecular complexity index is 857. The number of carbonyl (C=O) groups is 1. The maximum absolute atomic E-state index is 13.8. The zero-order chi connectivity index (χ0) is 21.2. The van der Waals surface area contributed by atoms with Crippen molar-refractivity contribution < 1.29 is 45.0 Å². The van der Waals surface area contributed by atoms with Gasteiger partial charge in [0.15, 0.2) is 5.60 Å². The topological polar surface area (TPSA) is 55.3 Å². The third kappa shape index (κ3) is 4.91. The predicted molar refractivity (Wildman–Crippen MR) is 103 cm³/mol. The second-order valence-electron chi connectivity index (χ2n) is 8.10. The van der Waals surface area contributed by atoms with Gasteiger partial charge in [-0.1, -0.05) is 30.3 Å². The number of rotatable bonds is 7. The van der Waals surface area contributed by atoms with Gasteiger partial charge < -0.3 is 26.8 Å². The lowest BCUT2D eigenvalue weighted by atomic mass is 9.80. The summed E-state index contributed by atoms with van der Waals surface area (Å²) in [6, 6.07) is 8.57. The molecule has 0 saturated heterocycles. The van der Waals surface area contributed by atoms with Crippen molar-refractivity contribution in [3.05, 3.63) is 54.1 Å². The molecule has 2 unspecified atom stereocenters. The second-order valence-corrected chi connectivity index (χ2v) is 8.10. The zero-order valence-corrected chi connectivity index (χ0v) is 19.1. The lowest BCUT2D eigenvalue weighted by molar-refractivity contribution is -0.703. The van der Waals surface area contributed by atoms with Crippen LogP contribution in [0.1, 0.15) is 50.5 Å². The molecule has 1 saturated carbocycles. The van der Waals surface area contributed by atoms with Gasteiger partial charge in [-0.25, -0.2) is 22.7 Å². The molecule has 1 N–H and O–H groups in total. The fraction of sp³-hybridized carbons (Fsp3) is 0.545. The number of hydrogen-bond donors (Lipinski definition) is 1. The van der Waals surface area contributed by atoms with Gasteiger partial charge in [-0.3, -0.25) is 0 Å².